The van der Waals surface area contributed by atoms with Crippen LogP contribution in [0.2, 0.25) is 0 Å². The number of ether oxygens (including phenoxy) is 4. The zero-order chi connectivity index (χ0) is 23.4. The van der Waals surface area contributed by atoms with Gasteiger partial charge in [-0.2, -0.15) is 0 Å². The zero-order valence-electron chi connectivity index (χ0n) is 18.7. The predicted molar refractivity (Wildman–Crippen MR) is 118 cm³/mol. The largest absolute Gasteiger partial charge is 0.493 e. The molecular formula is C24H25NO7. The van der Waals surface area contributed by atoms with E-state index in [9.17, 15) is 14.4 Å². The first kappa shape index (κ1) is 22.9. The Labute approximate surface area is 186 Å². The van der Waals surface area contributed by atoms with Crippen molar-refractivity contribution < 1.29 is 33.3 Å². The summed E-state index contributed by atoms with van der Waals surface area (Å²) in [6, 6.07) is 8.66. The minimum absolute atomic E-state index is 0.125. The lowest BCUT2D eigenvalue weighted by atomic mass is 9.94. The van der Waals surface area contributed by atoms with Crippen LogP contribution in [0.3, 0.4) is 0 Å². The van der Waals surface area contributed by atoms with Crippen molar-refractivity contribution in [1.29, 1.82) is 0 Å². The van der Waals surface area contributed by atoms with Crippen LogP contribution in [0.4, 0.5) is 0 Å². The molecule has 0 N–H and O–H groups in total. The highest BCUT2D eigenvalue weighted by atomic mass is 16.6. The number of fused-ring (bicyclic) bond motifs is 1. The standard InChI is InChI=1S/C24H25NO7/c1-14(26)25-9-8-18-12-22(30-5)24(32-16(3)28)13-19(18)20(25)10-17-6-7-21(29-4)23(11-17)31-15(2)27/h6-7,10-13H,8-9H2,1-5H3. The fourth-order valence-electron chi connectivity index (χ4n) is 3.60. The first-order valence-electron chi connectivity index (χ1n) is 9.99. The summed E-state index contributed by atoms with van der Waals surface area (Å²) in [5, 5.41) is 0. The number of benzene rings is 2. The molecule has 168 valence electrons. The number of carbonyl (C=O) groups excluding carboxylic acids is 3. The van der Waals surface area contributed by atoms with E-state index in [-0.39, 0.29) is 17.4 Å². The molecule has 0 atom stereocenters. The van der Waals surface area contributed by atoms with E-state index in [1.54, 1.807) is 29.2 Å². The van der Waals surface area contributed by atoms with Gasteiger partial charge in [-0.25, -0.2) is 0 Å². The Kier molecular flexibility index (Phi) is 6.82. The maximum absolute atomic E-state index is 12.4. The molecule has 8 heteroatoms. The molecule has 1 heterocycles. The molecule has 0 aliphatic carbocycles. The molecule has 0 saturated heterocycles. The van der Waals surface area contributed by atoms with Gasteiger partial charge in [0.15, 0.2) is 23.0 Å². The first-order chi connectivity index (χ1) is 15.2. The van der Waals surface area contributed by atoms with E-state index >= 15 is 0 Å². The van der Waals surface area contributed by atoms with Gasteiger partial charge in [0.05, 0.1) is 19.9 Å². The third-order valence-electron chi connectivity index (χ3n) is 4.94. The number of esters is 2. The van der Waals surface area contributed by atoms with Crippen LogP contribution in [0.5, 0.6) is 23.0 Å². The van der Waals surface area contributed by atoms with Gasteiger partial charge in [-0.05, 0) is 47.9 Å². The zero-order valence-corrected chi connectivity index (χ0v) is 18.7. The molecule has 2 aromatic carbocycles. The third kappa shape index (κ3) is 4.91. The van der Waals surface area contributed by atoms with E-state index in [0.717, 1.165) is 11.1 Å². The average Bonchev–Trinajstić information content (AvgIpc) is 2.72. The third-order valence-corrected chi connectivity index (χ3v) is 4.94. The van der Waals surface area contributed by atoms with Crippen LogP contribution in [-0.2, 0) is 20.8 Å². The summed E-state index contributed by atoms with van der Waals surface area (Å²) in [6.07, 6.45) is 2.43. The van der Waals surface area contributed by atoms with Crippen molar-refractivity contribution in [1.82, 2.24) is 4.90 Å². The number of hydrogen-bond acceptors (Lipinski definition) is 7. The molecule has 1 aliphatic rings. The van der Waals surface area contributed by atoms with Crippen LogP contribution in [0.15, 0.2) is 30.3 Å². The second-order valence-electron chi connectivity index (χ2n) is 7.21. The van der Waals surface area contributed by atoms with E-state index in [1.807, 2.05) is 12.1 Å². The van der Waals surface area contributed by atoms with E-state index in [4.69, 9.17) is 18.9 Å². The second-order valence-corrected chi connectivity index (χ2v) is 7.21. The molecule has 2 aromatic rings. The summed E-state index contributed by atoms with van der Waals surface area (Å²) in [5.41, 5.74) is 3.03. The van der Waals surface area contributed by atoms with Crippen LogP contribution in [0, 0.1) is 0 Å². The summed E-state index contributed by atoms with van der Waals surface area (Å²) in [6.45, 7) is 4.60. The molecule has 32 heavy (non-hydrogen) atoms. The highest BCUT2D eigenvalue weighted by Crippen LogP contribution is 2.39. The molecule has 0 aromatic heterocycles. The molecule has 0 unspecified atom stereocenters. The molecule has 0 radical (unpaired) electrons. The van der Waals surface area contributed by atoms with Gasteiger partial charge in [0.1, 0.15) is 0 Å². The monoisotopic (exact) mass is 439 g/mol. The summed E-state index contributed by atoms with van der Waals surface area (Å²) >= 11 is 0. The lowest BCUT2D eigenvalue weighted by molar-refractivity contribution is -0.132. The molecule has 8 nitrogen and oxygen atoms in total. The Balaban J connectivity index is 2.17. The van der Waals surface area contributed by atoms with E-state index in [1.165, 1.54) is 35.0 Å². The van der Waals surface area contributed by atoms with Gasteiger partial charge >= 0.3 is 11.9 Å². The Bertz CT molecular complexity index is 1100. The van der Waals surface area contributed by atoms with Gasteiger partial charge in [0.25, 0.3) is 0 Å². The van der Waals surface area contributed by atoms with Crippen LogP contribution in [0.1, 0.15) is 37.5 Å². The molecule has 1 amide bonds. The van der Waals surface area contributed by atoms with Gasteiger partial charge < -0.3 is 23.8 Å². The molecule has 0 spiro atoms. The van der Waals surface area contributed by atoms with Crippen molar-refractivity contribution >= 4 is 29.6 Å². The fraction of sp³-hybridized carbons (Fsp3) is 0.292. The Morgan fingerprint density at radius 3 is 2.03 bits per heavy atom. The first-order valence-corrected chi connectivity index (χ1v) is 9.99. The fourth-order valence-corrected chi connectivity index (χ4v) is 3.60. The van der Waals surface area contributed by atoms with Crippen molar-refractivity contribution in [2.24, 2.45) is 0 Å². The van der Waals surface area contributed by atoms with Crippen molar-refractivity contribution in [2.45, 2.75) is 27.2 Å². The molecule has 3 rings (SSSR count). The number of amides is 1. The summed E-state index contributed by atoms with van der Waals surface area (Å²) in [7, 11) is 2.99. The second kappa shape index (κ2) is 9.55. The topological polar surface area (TPSA) is 91.4 Å². The lowest BCUT2D eigenvalue weighted by Crippen LogP contribution is -2.33. The SMILES string of the molecule is COc1ccc(C=C2c3cc(OC(C)=O)c(OC)cc3CCN2C(C)=O)cc1OC(C)=O. The molecular weight excluding hydrogens is 414 g/mol. The molecule has 1 aliphatic heterocycles. The van der Waals surface area contributed by atoms with Crippen LogP contribution in [-0.4, -0.2) is 43.5 Å². The smallest absolute Gasteiger partial charge is 0.308 e. The van der Waals surface area contributed by atoms with Crippen molar-refractivity contribution in [3.05, 3.63) is 47.0 Å². The van der Waals surface area contributed by atoms with E-state index < -0.39 is 11.9 Å². The summed E-state index contributed by atoms with van der Waals surface area (Å²) in [4.78, 5) is 37.1. The Morgan fingerprint density at radius 1 is 0.844 bits per heavy atom. The maximum atomic E-state index is 12.4. The highest BCUT2D eigenvalue weighted by Gasteiger charge is 2.26. The van der Waals surface area contributed by atoms with Gasteiger partial charge in [0, 0.05) is 32.9 Å². The van der Waals surface area contributed by atoms with Crippen LogP contribution >= 0.6 is 0 Å². The number of nitrogens with zero attached hydrogens (tertiary/aromatic N) is 1. The van der Waals surface area contributed by atoms with Crippen LogP contribution in [0.25, 0.3) is 11.8 Å². The number of carbonyl (C=O) groups is 3. The predicted octanol–water partition coefficient (Wildman–Crippen LogP) is 3.46. The normalized spacial score (nSPS) is 13.9. The molecule has 0 saturated carbocycles. The van der Waals surface area contributed by atoms with Gasteiger partial charge in [-0.15, -0.1) is 0 Å². The van der Waals surface area contributed by atoms with Crippen LogP contribution < -0.4 is 18.9 Å². The van der Waals surface area contributed by atoms with Gasteiger partial charge in [-0.1, -0.05) is 6.07 Å². The molecule has 0 fully saturated rings. The van der Waals surface area contributed by atoms with E-state index in [0.29, 0.717) is 35.7 Å². The Hall–Kier alpha value is -3.81. The summed E-state index contributed by atoms with van der Waals surface area (Å²) in [5.74, 6) is 0.322. The number of hydrogen-bond donors (Lipinski definition) is 0. The minimum atomic E-state index is -0.478. The lowest BCUT2D eigenvalue weighted by Gasteiger charge is -2.31. The van der Waals surface area contributed by atoms with Crippen molar-refractivity contribution in [3.63, 3.8) is 0 Å². The number of methoxy groups -OCH3 is 2. The van der Waals surface area contributed by atoms with Crippen molar-refractivity contribution in [3.8, 4) is 23.0 Å². The highest BCUT2D eigenvalue weighted by molar-refractivity contribution is 5.94. The van der Waals surface area contributed by atoms with Crippen molar-refractivity contribution in [2.75, 3.05) is 20.8 Å². The maximum Gasteiger partial charge on any atom is 0.308 e. The average molecular weight is 439 g/mol. The minimum Gasteiger partial charge on any atom is -0.493 e. The van der Waals surface area contributed by atoms with Gasteiger partial charge in [-0.3, -0.25) is 14.4 Å². The number of rotatable bonds is 5. The van der Waals surface area contributed by atoms with E-state index in [2.05, 4.69) is 0 Å². The summed E-state index contributed by atoms with van der Waals surface area (Å²) < 4.78 is 21.2. The quantitative estimate of drug-likeness (QED) is 0.520. The Morgan fingerprint density at radius 2 is 1.47 bits per heavy atom. The van der Waals surface area contributed by atoms with Gasteiger partial charge in [0.2, 0.25) is 5.91 Å². The molecule has 0 bridgehead atoms.